The lowest BCUT2D eigenvalue weighted by Gasteiger charge is -2.32. The summed E-state index contributed by atoms with van der Waals surface area (Å²) in [5.74, 6) is 0. The second-order valence-corrected chi connectivity index (χ2v) is 3.04. The monoisotopic (exact) mass is 146 g/mol. The molecule has 1 fully saturated rings. The Morgan fingerprint density at radius 1 is 1.10 bits per heavy atom. The van der Waals surface area contributed by atoms with Crippen LogP contribution >= 0.6 is 0 Å². The molecule has 0 aromatic heterocycles. The van der Waals surface area contributed by atoms with E-state index in [9.17, 15) is 4.48 Å². The number of hydrogen-bond donors (Lipinski definition) is 0. The maximum atomic E-state index is 12.4. The molecule has 0 radical (unpaired) electrons. The molecule has 0 amide bonds. The van der Waals surface area contributed by atoms with Gasteiger partial charge < -0.3 is 0 Å². The van der Waals surface area contributed by atoms with E-state index in [0.717, 1.165) is 18.2 Å². The van der Waals surface area contributed by atoms with Crippen molar-refractivity contribution in [2.45, 2.75) is 19.9 Å². The van der Waals surface area contributed by atoms with E-state index >= 15 is 0 Å². The van der Waals surface area contributed by atoms with Crippen LogP contribution in [0.25, 0.3) is 0 Å². The molecular weight excluding hydrogens is 131 g/mol. The van der Waals surface area contributed by atoms with Gasteiger partial charge in [0, 0.05) is 32.2 Å². The predicted molar refractivity (Wildman–Crippen MR) is 39.4 cm³/mol. The van der Waals surface area contributed by atoms with Crippen LogP contribution in [0.5, 0.6) is 0 Å². The van der Waals surface area contributed by atoms with Crippen molar-refractivity contribution in [3.05, 3.63) is 0 Å². The second-order valence-electron chi connectivity index (χ2n) is 3.04. The zero-order valence-corrected chi connectivity index (χ0v) is 6.68. The molecule has 1 aliphatic heterocycles. The Balaban J connectivity index is 2.26. The third-order valence-electron chi connectivity index (χ3n) is 1.99. The van der Waals surface area contributed by atoms with Crippen LogP contribution < -0.4 is 0 Å². The zero-order valence-electron chi connectivity index (χ0n) is 6.68. The van der Waals surface area contributed by atoms with E-state index in [1.807, 2.05) is 0 Å². The summed E-state index contributed by atoms with van der Waals surface area (Å²) in [7, 11) is 0. The number of rotatable bonds is 1. The Labute approximate surface area is 61.5 Å². The van der Waals surface area contributed by atoms with Gasteiger partial charge in [0.15, 0.2) is 0 Å². The Bertz CT molecular complexity index is 97.8. The summed E-state index contributed by atoms with van der Waals surface area (Å²) in [6, 6.07) is 0.564. The summed E-state index contributed by atoms with van der Waals surface area (Å²) in [5.41, 5.74) is 0. The first-order valence-electron chi connectivity index (χ1n) is 3.85. The van der Waals surface area contributed by atoms with Crippen LogP contribution in [-0.4, -0.2) is 42.2 Å². The fourth-order valence-electron chi connectivity index (χ4n) is 1.21. The zero-order chi connectivity index (χ0) is 7.56. The molecule has 0 aliphatic carbocycles. The molecule has 0 aromatic rings. The van der Waals surface area contributed by atoms with Crippen LogP contribution in [0.4, 0.5) is 4.48 Å². The minimum absolute atomic E-state index is 0.564. The van der Waals surface area contributed by atoms with Crippen LogP contribution in [0.1, 0.15) is 13.8 Å². The first kappa shape index (κ1) is 7.95. The van der Waals surface area contributed by atoms with Gasteiger partial charge >= 0.3 is 0 Å². The molecule has 0 spiro atoms. The number of nitrogens with zero attached hydrogens (tertiary/aromatic N) is 2. The molecule has 0 aromatic carbocycles. The number of piperazine rings is 1. The van der Waals surface area contributed by atoms with Crippen LogP contribution in [0.15, 0.2) is 0 Å². The molecule has 0 unspecified atom stereocenters. The maximum absolute atomic E-state index is 12.4. The molecule has 0 saturated carbocycles. The average molecular weight is 146 g/mol. The van der Waals surface area contributed by atoms with E-state index in [1.54, 1.807) is 0 Å². The van der Waals surface area contributed by atoms with Gasteiger partial charge in [0.25, 0.3) is 0 Å². The van der Waals surface area contributed by atoms with Crippen LogP contribution in [0, 0.1) is 0 Å². The minimum Gasteiger partial charge on any atom is -0.298 e. The highest BCUT2D eigenvalue weighted by atomic mass is 19.2. The van der Waals surface area contributed by atoms with Gasteiger partial charge in [-0.1, -0.05) is 0 Å². The maximum Gasteiger partial charge on any atom is 0.0418 e. The first-order valence-corrected chi connectivity index (χ1v) is 3.85. The Hall–Kier alpha value is -0.150. The molecule has 1 aliphatic rings. The molecular formula is C7H15FN2. The lowest BCUT2D eigenvalue weighted by atomic mass is 10.3. The highest BCUT2D eigenvalue weighted by Crippen LogP contribution is 2.04. The van der Waals surface area contributed by atoms with Crippen molar-refractivity contribution >= 4 is 0 Å². The largest absolute Gasteiger partial charge is 0.298 e. The first-order chi connectivity index (χ1) is 4.70. The fourth-order valence-corrected chi connectivity index (χ4v) is 1.21. The molecule has 3 heteroatoms. The molecule has 0 N–H and O–H groups in total. The van der Waals surface area contributed by atoms with E-state index in [-0.39, 0.29) is 0 Å². The highest BCUT2D eigenvalue weighted by molar-refractivity contribution is 4.69. The normalized spacial score (nSPS) is 24.0. The molecule has 1 saturated heterocycles. The van der Waals surface area contributed by atoms with Gasteiger partial charge in [-0.25, -0.2) is 0 Å². The van der Waals surface area contributed by atoms with Crippen molar-refractivity contribution < 1.29 is 4.48 Å². The molecule has 60 valence electrons. The predicted octanol–water partition coefficient (Wildman–Crippen LogP) is 0.897. The number of halogens is 1. The Morgan fingerprint density at radius 2 is 1.60 bits per heavy atom. The third kappa shape index (κ3) is 1.92. The van der Waals surface area contributed by atoms with Crippen molar-refractivity contribution in [1.82, 2.24) is 10.0 Å². The fraction of sp³-hybridized carbons (Fsp3) is 1.00. The standard InChI is InChI=1S/C7H15FN2/c1-7(2)9-3-5-10(8)6-4-9/h7H,3-6H2,1-2H3. The van der Waals surface area contributed by atoms with E-state index in [2.05, 4.69) is 18.7 Å². The van der Waals surface area contributed by atoms with E-state index < -0.39 is 0 Å². The van der Waals surface area contributed by atoms with Gasteiger partial charge in [0.05, 0.1) is 0 Å². The van der Waals surface area contributed by atoms with E-state index in [1.165, 1.54) is 0 Å². The van der Waals surface area contributed by atoms with Gasteiger partial charge in [0.1, 0.15) is 0 Å². The van der Waals surface area contributed by atoms with Gasteiger partial charge in [-0.2, -0.15) is 0 Å². The smallest absolute Gasteiger partial charge is 0.0418 e. The van der Waals surface area contributed by atoms with Gasteiger partial charge in [-0.3, -0.25) is 4.90 Å². The van der Waals surface area contributed by atoms with Crippen molar-refractivity contribution in [3.8, 4) is 0 Å². The topological polar surface area (TPSA) is 6.48 Å². The molecule has 0 bridgehead atoms. The van der Waals surface area contributed by atoms with Crippen LogP contribution in [0.2, 0.25) is 0 Å². The molecule has 10 heavy (non-hydrogen) atoms. The summed E-state index contributed by atoms with van der Waals surface area (Å²) in [6.07, 6.45) is 0. The summed E-state index contributed by atoms with van der Waals surface area (Å²) in [6.45, 7) is 7.17. The molecule has 1 rings (SSSR count). The van der Waals surface area contributed by atoms with Crippen molar-refractivity contribution in [2.24, 2.45) is 0 Å². The van der Waals surface area contributed by atoms with Gasteiger partial charge in [-0.15, -0.1) is 9.60 Å². The Morgan fingerprint density at radius 3 is 2.00 bits per heavy atom. The summed E-state index contributed by atoms with van der Waals surface area (Å²) in [4.78, 5) is 2.29. The highest BCUT2D eigenvalue weighted by Gasteiger charge is 2.17. The van der Waals surface area contributed by atoms with Gasteiger partial charge in [0.2, 0.25) is 0 Å². The minimum atomic E-state index is 0.564. The third-order valence-corrected chi connectivity index (χ3v) is 1.99. The van der Waals surface area contributed by atoms with Gasteiger partial charge in [-0.05, 0) is 13.8 Å². The second kappa shape index (κ2) is 3.30. The number of hydrogen-bond acceptors (Lipinski definition) is 2. The van der Waals surface area contributed by atoms with Crippen molar-refractivity contribution in [2.75, 3.05) is 26.2 Å². The van der Waals surface area contributed by atoms with Crippen LogP contribution in [-0.2, 0) is 0 Å². The summed E-state index contributed by atoms with van der Waals surface area (Å²) < 4.78 is 12.4. The van der Waals surface area contributed by atoms with Crippen molar-refractivity contribution in [3.63, 3.8) is 0 Å². The summed E-state index contributed by atoms with van der Waals surface area (Å²) >= 11 is 0. The summed E-state index contributed by atoms with van der Waals surface area (Å²) in [5, 5.41) is 0.888. The molecule has 0 atom stereocenters. The average Bonchev–Trinajstić information content (AvgIpc) is 1.88. The molecule has 2 nitrogen and oxygen atoms in total. The van der Waals surface area contributed by atoms with E-state index in [0.29, 0.717) is 19.1 Å². The van der Waals surface area contributed by atoms with E-state index in [4.69, 9.17) is 0 Å². The lowest BCUT2D eigenvalue weighted by Crippen LogP contribution is -2.45. The lowest BCUT2D eigenvalue weighted by molar-refractivity contribution is -0.0285. The van der Waals surface area contributed by atoms with Crippen molar-refractivity contribution in [1.29, 1.82) is 0 Å². The quantitative estimate of drug-likeness (QED) is 0.507. The molecule has 1 heterocycles. The van der Waals surface area contributed by atoms with Crippen LogP contribution in [0.3, 0.4) is 0 Å². The SMILES string of the molecule is CC(C)N1CCN(F)CC1. The Kier molecular flexibility index (Phi) is 2.63.